The molecule has 1 atom stereocenters. The summed E-state index contributed by atoms with van der Waals surface area (Å²) in [5, 5.41) is 14.0. The van der Waals surface area contributed by atoms with Crippen LogP contribution in [0.5, 0.6) is 0 Å². The average Bonchev–Trinajstić information content (AvgIpc) is 2.85. The van der Waals surface area contributed by atoms with Crippen molar-refractivity contribution in [2.24, 2.45) is 0 Å². The zero-order valence-corrected chi connectivity index (χ0v) is 15.1. The van der Waals surface area contributed by atoms with Gasteiger partial charge in [0.25, 0.3) is 0 Å². The predicted molar refractivity (Wildman–Crippen MR) is 93.6 cm³/mol. The highest BCUT2D eigenvalue weighted by Gasteiger charge is 2.26. The van der Waals surface area contributed by atoms with Crippen LogP contribution in [-0.2, 0) is 14.3 Å². The number of fused-ring (bicyclic) bond motifs is 1. The third-order valence-electron chi connectivity index (χ3n) is 2.98. The van der Waals surface area contributed by atoms with Crippen LogP contribution in [0.4, 0.5) is 14.3 Å². The molecular formula is C16H18FN3O5S. The first-order valence-corrected chi connectivity index (χ1v) is 8.43. The summed E-state index contributed by atoms with van der Waals surface area (Å²) in [4.78, 5) is 39.1. The molecule has 0 saturated heterocycles. The molecule has 0 aliphatic carbocycles. The molecule has 0 bridgehead atoms. The van der Waals surface area contributed by atoms with E-state index in [9.17, 15) is 23.9 Å². The van der Waals surface area contributed by atoms with Gasteiger partial charge in [0.15, 0.2) is 5.13 Å². The van der Waals surface area contributed by atoms with Gasteiger partial charge in [-0.05, 0) is 39.0 Å². The maximum atomic E-state index is 13.2. The van der Waals surface area contributed by atoms with Crippen molar-refractivity contribution < 1.29 is 28.6 Å². The standard InChI is InChI=1S/C16H18FN3O5S/c1-16(2,3)25-15(24)19-10(13(22)23)7-12(21)20-14-18-9-5-4-8(17)6-11(9)26-14/h4-6,10H,7H2,1-3H3,(H,19,24)(H,22,23)(H,18,20,21)/t10-/m0/s1. The molecule has 1 aromatic carbocycles. The highest BCUT2D eigenvalue weighted by molar-refractivity contribution is 7.22. The molecule has 8 nitrogen and oxygen atoms in total. The molecule has 0 saturated carbocycles. The number of hydrogen-bond acceptors (Lipinski definition) is 6. The largest absolute Gasteiger partial charge is 0.480 e. The number of halogens is 1. The lowest BCUT2D eigenvalue weighted by Gasteiger charge is -2.21. The van der Waals surface area contributed by atoms with E-state index < -0.39 is 41.9 Å². The van der Waals surface area contributed by atoms with Gasteiger partial charge in [-0.1, -0.05) is 11.3 Å². The van der Waals surface area contributed by atoms with E-state index >= 15 is 0 Å². The topological polar surface area (TPSA) is 118 Å². The Hall–Kier alpha value is -2.75. The highest BCUT2D eigenvalue weighted by atomic mass is 32.1. The summed E-state index contributed by atoms with van der Waals surface area (Å²) in [7, 11) is 0. The highest BCUT2D eigenvalue weighted by Crippen LogP contribution is 2.26. The minimum Gasteiger partial charge on any atom is -0.480 e. The molecule has 0 aliphatic heterocycles. The molecule has 140 valence electrons. The van der Waals surface area contributed by atoms with Gasteiger partial charge in [-0.2, -0.15) is 0 Å². The van der Waals surface area contributed by atoms with Crippen molar-refractivity contribution in [3.8, 4) is 0 Å². The zero-order chi connectivity index (χ0) is 19.5. The van der Waals surface area contributed by atoms with Crippen LogP contribution < -0.4 is 10.6 Å². The van der Waals surface area contributed by atoms with Crippen LogP contribution in [0.2, 0.25) is 0 Å². The number of rotatable bonds is 5. The number of nitrogens with zero attached hydrogens (tertiary/aromatic N) is 1. The number of alkyl carbamates (subject to hydrolysis) is 1. The van der Waals surface area contributed by atoms with Gasteiger partial charge in [0, 0.05) is 0 Å². The van der Waals surface area contributed by atoms with Crippen LogP contribution in [0, 0.1) is 5.82 Å². The van der Waals surface area contributed by atoms with E-state index in [1.165, 1.54) is 18.2 Å². The number of benzene rings is 1. The van der Waals surface area contributed by atoms with Crippen LogP contribution in [0.1, 0.15) is 27.2 Å². The van der Waals surface area contributed by atoms with E-state index in [1.54, 1.807) is 20.8 Å². The number of hydrogen-bond donors (Lipinski definition) is 3. The Morgan fingerprint density at radius 2 is 2.04 bits per heavy atom. The number of nitrogens with one attached hydrogen (secondary N) is 2. The molecule has 26 heavy (non-hydrogen) atoms. The monoisotopic (exact) mass is 383 g/mol. The van der Waals surface area contributed by atoms with Crippen molar-refractivity contribution in [3.05, 3.63) is 24.0 Å². The van der Waals surface area contributed by atoms with Crippen molar-refractivity contribution >= 4 is 44.7 Å². The second-order valence-corrected chi connectivity index (χ2v) is 7.45. The normalized spacial score (nSPS) is 12.5. The summed E-state index contributed by atoms with van der Waals surface area (Å²) >= 11 is 1.05. The number of amides is 2. The SMILES string of the molecule is CC(C)(C)OC(=O)N[C@@H](CC(=O)Nc1nc2ccc(F)cc2s1)C(=O)O. The fraction of sp³-hybridized carbons (Fsp3) is 0.375. The number of aromatic nitrogens is 1. The average molecular weight is 383 g/mol. The Kier molecular flexibility index (Phi) is 5.76. The Morgan fingerprint density at radius 1 is 1.35 bits per heavy atom. The first-order chi connectivity index (χ1) is 12.0. The van der Waals surface area contributed by atoms with Gasteiger partial charge in [0.1, 0.15) is 17.5 Å². The molecule has 0 unspecified atom stereocenters. The summed E-state index contributed by atoms with van der Waals surface area (Å²) in [6, 6.07) is 2.55. The zero-order valence-electron chi connectivity index (χ0n) is 14.3. The lowest BCUT2D eigenvalue weighted by molar-refractivity contribution is -0.141. The second kappa shape index (κ2) is 7.65. The number of carbonyl (C=O) groups is 3. The molecule has 0 aliphatic rings. The molecule has 1 aromatic heterocycles. The van der Waals surface area contributed by atoms with Gasteiger partial charge < -0.3 is 20.5 Å². The molecule has 2 amide bonds. The summed E-state index contributed by atoms with van der Waals surface area (Å²) in [6.45, 7) is 4.89. The first kappa shape index (κ1) is 19.6. The summed E-state index contributed by atoms with van der Waals surface area (Å²) in [6.07, 6.45) is -1.45. The lowest BCUT2D eigenvalue weighted by Crippen LogP contribution is -2.45. The molecule has 0 spiro atoms. The van der Waals surface area contributed by atoms with Crippen LogP contribution in [0.15, 0.2) is 18.2 Å². The minimum absolute atomic E-state index is 0.206. The molecule has 0 fully saturated rings. The van der Waals surface area contributed by atoms with E-state index in [4.69, 9.17) is 4.74 Å². The van der Waals surface area contributed by atoms with Gasteiger partial charge in [0.2, 0.25) is 5.91 Å². The molecule has 0 radical (unpaired) electrons. The number of ether oxygens (including phenoxy) is 1. The molecular weight excluding hydrogens is 365 g/mol. The van der Waals surface area contributed by atoms with Crippen LogP contribution in [0.3, 0.4) is 0 Å². The number of anilines is 1. The fourth-order valence-corrected chi connectivity index (χ4v) is 2.86. The van der Waals surface area contributed by atoms with Crippen LogP contribution >= 0.6 is 11.3 Å². The van der Waals surface area contributed by atoms with Gasteiger partial charge in [-0.25, -0.2) is 19.0 Å². The minimum atomic E-state index is -1.46. The fourth-order valence-electron chi connectivity index (χ4n) is 1.96. The smallest absolute Gasteiger partial charge is 0.408 e. The van der Waals surface area contributed by atoms with Crippen molar-refractivity contribution in [1.82, 2.24) is 10.3 Å². The Balaban J connectivity index is 2.00. The lowest BCUT2D eigenvalue weighted by atomic mass is 10.2. The number of aliphatic carboxylic acids is 1. The summed E-state index contributed by atoms with van der Waals surface area (Å²) in [5.74, 6) is -2.46. The van der Waals surface area contributed by atoms with E-state index in [0.717, 1.165) is 11.3 Å². The van der Waals surface area contributed by atoms with Crippen molar-refractivity contribution in [3.63, 3.8) is 0 Å². The maximum absolute atomic E-state index is 13.2. The van der Waals surface area contributed by atoms with Gasteiger partial charge in [-0.15, -0.1) is 0 Å². The maximum Gasteiger partial charge on any atom is 0.408 e. The van der Waals surface area contributed by atoms with E-state index in [-0.39, 0.29) is 5.13 Å². The first-order valence-electron chi connectivity index (χ1n) is 7.62. The number of thiazole rings is 1. The number of carboxylic acids is 1. The van der Waals surface area contributed by atoms with Crippen molar-refractivity contribution in [2.75, 3.05) is 5.32 Å². The summed E-state index contributed by atoms with van der Waals surface area (Å²) in [5.41, 5.74) is -0.292. The Bertz CT molecular complexity index is 846. The number of carbonyl (C=O) groups excluding carboxylic acids is 2. The van der Waals surface area contributed by atoms with Crippen molar-refractivity contribution in [2.45, 2.75) is 38.8 Å². The van der Waals surface area contributed by atoms with E-state index in [0.29, 0.717) is 10.2 Å². The molecule has 3 N–H and O–H groups in total. The van der Waals surface area contributed by atoms with Crippen LogP contribution in [0.25, 0.3) is 10.2 Å². The van der Waals surface area contributed by atoms with Gasteiger partial charge in [0.05, 0.1) is 16.6 Å². The molecule has 1 heterocycles. The van der Waals surface area contributed by atoms with Gasteiger partial charge in [-0.3, -0.25) is 4.79 Å². The molecule has 2 aromatic rings. The molecule has 10 heteroatoms. The Labute approximate surface area is 152 Å². The van der Waals surface area contributed by atoms with E-state index in [1.807, 2.05) is 0 Å². The van der Waals surface area contributed by atoms with E-state index in [2.05, 4.69) is 15.6 Å². The van der Waals surface area contributed by atoms with Crippen molar-refractivity contribution in [1.29, 1.82) is 0 Å². The predicted octanol–water partition coefficient (Wildman–Crippen LogP) is 2.74. The number of carboxylic acid groups (broad SMARTS) is 1. The molecule has 2 rings (SSSR count). The quantitative estimate of drug-likeness (QED) is 0.731. The second-order valence-electron chi connectivity index (χ2n) is 6.42. The third-order valence-corrected chi connectivity index (χ3v) is 3.91. The Morgan fingerprint density at radius 3 is 2.65 bits per heavy atom. The van der Waals surface area contributed by atoms with Crippen LogP contribution in [-0.4, -0.2) is 39.7 Å². The summed E-state index contributed by atoms with van der Waals surface area (Å²) < 4.78 is 18.7. The van der Waals surface area contributed by atoms with Gasteiger partial charge >= 0.3 is 12.1 Å². The third kappa shape index (κ3) is 5.66.